The molecule has 1 atom stereocenters. The Balaban J connectivity index is 1.52. The smallest absolute Gasteiger partial charge is 0.252 e. The van der Waals surface area contributed by atoms with Crippen LogP contribution in [0, 0.1) is 13.8 Å². The zero-order valence-electron chi connectivity index (χ0n) is 15.1. The van der Waals surface area contributed by atoms with Crippen molar-refractivity contribution in [3.63, 3.8) is 0 Å². The Labute approximate surface area is 156 Å². The SMILES string of the molecule is Cc1cc(C)cc(NC(=O)C[C@@H]2C(=O)Nc3nc(-c4ccccc4)nn32)c1. The Morgan fingerprint density at radius 1 is 1.15 bits per heavy atom. The van der Waals surface area contributed by atoms with E-state index in [4.69, 9.17) is 0 Å². The van der Waals surface area contributed by atoms with Crippen molar-refractivity contribution in [1.29, 1.82) is 0 Å². The van der Waals surface area contributed by atoms with E-state index >= 15 is 0 Å². The first-order chi connectivity index (χ1) is 13.0. The number of carbonyl (C=O) groups excluding carboxylic acids is 2. The number of nitrogens with zero attached hydrogens (tertiary/aromatic N) is 3. The van der Waals surface area contributed by atoms with Crippen molar-refractivity contribution in [2.45, 2.75) is 26.3 Å². The van der Waals surface area contributed by atoms with E-state index in [-0.39, 0.29) is 18.2 Å². The van der Waals surface area contributed by atoms with Crippen molar-refractivity contribution in [2.75, 3.05) is 10.6 Å². The van der Waals surface area contributed by atoms with E-state index in [9.17, 15) is 9.59 Å². The molecule has 0 saturated heterocycles. The molecular formula is C20H19N5O2. The van der Waals surface area contributed by atoms with Gasteiger partial charge in [0.1, 0.15) is 6.04 Å². The van der Waals surface area contributed by atoms with Crippen LogP contribution in [0.25, 0.3) is 11.4 Å². The molecule has 1 aromatic heterocycles. The van der Waals surface area contributed by atoms with Crippen LogP contribution in [-0.2, 0) is 9.59 Å². The Bertz CT molecular complexity index is 1010. The summed E-state index contributed by atoms with van der Waals surface area (Å²) in [6, 6.07) is 14.6. The van der Waals surface area contributed by atoms with E-state index in [2.05, 4.69) is 20.7 Å². The van der Waals surface area contributed by atoms with Crippen LogP contribution in [0.5, 0.6) is 0 Å². The highest BCUT2D eigenvalue weighted by molar-refractivity contribution is 6.01. The van der Waals surface area contributed by atoms with Gasteiger partial charge < -0.3 is 5.32 Å². The molecule has 0 aliphatic carbocycles. The first-order valence-electron chi connectivity index (χ1n) is 8.70. The Kier molecular flexibility index (Phi) is 4.19. The highest BCUT2D eigenvalue weighted by Crippen LogP contribution is 2.28. The van der Waals surface area contributed by atoms with Crippen LogP contribution in [0.2, 0.25) is 0 Å². The highest BCUT2D eigenvalue weighted by atomic mass is 16.2. The number of aromatic nitrogens is 3. The third-order valence-electron chi connectivity index (χ3n) is 4.38. The minimum atomic E-state index is -0.712. The van der Waals surface area contributed by atoms with Crippen LogP contribution in [0.15, 0.2) is 48.5 Å². The zero-order chi connectivity index (χ0) is 19.0. The molecule has 0 spiro atoms. The molecule has 2 amide bonds. The van der Waals surface area contributed by atoms with E-state index in [1.807, 2.05) is 62.4 Å². The van der Waals surface area contributed by atoms with Gasteiger partial charge in [0.2, 0.25) is 11.9 Å². The summed E-state index contributed by atoms with van der Waals surface area (Å²) in [5, 5.41) is 9.98. The van der Waals surface area contributed by atoms with Crippen LogP contribution in [0.3, 0.4) is 0 Å². The van der Waals surface area contributed by atoms with Crippen molar-refractivity contribution in [2.24, 2.45) is 0 Å². The van der Waals surface area contributed by atoms with Gasteiger partial charge in [0.05, 0.1) is 6.42 Å². The van der Waals surface area contributed by atoms with Crippen LogP contribution >= 0.6 is 0 Å². The molecule has 136 valence electrons. The number of aryl methyl sites for hydroxylation is 2. The minimum absolute atomic E-state index is 0.0105. The molecule has 2 N–H and O–H groups in total. The number of rotatable bonds is 4. The number of anilines is 2. The molecule has 2 heterocycles. The summed E-state index contributed by atoms with van der Waals surface area (Å²) in [6.07, 6.45) is -0.0105. The summed E-state index contributed by atoms with van der Waals surface area (Å²) in [7, 11) is 0. The van der Waals surface area contributed by atoms with Gasteiger partial charge in [-0.3, -0.25) is 14.9 Å². The standard InChI is InChI=1S/C20H19N5O2/c1-12-8-13(2)10-15(9-12)21-17(26)11-16-19(27)23-20-22-18(24-25(16)20)14-6-4-3-5-7-14/h3-10,16H,11H2,1-2H3,(H,21,26)(H,22,23,24,27)/t16-/m1/s1. The van der Waals surface area contributed by atoms with Crippen LogP contribution in [-0.4, -0.2) is 26.6 Å². The van der Waals surface area contributed by atoms with Crippen molar-refractivity contribution in [3.05, 3.63) is 59.7 Å². The fourth-order valence-corrected chi connectivity index (χ4v) is 3.25. The van der Waals surface area contributed by atoms with Gasteiger partial charge in [0.15, 0.2) is 5.82 Å². The lowest BCUT2D eigenvalue weighted by atomic mass is 10.1. The van der Waals surface area contributed by atoms with Crippen molar-refractivity contribution in [3.8, 4) is 11.4 Å². The van der Waals surface area contributed by atoms with Gasteiger partial charge in [-0.25, -0.2) is 4.68 Å². The summed E-state index contributed by atoms with van der Waals surface area (Å²) in [6.45, 7) is 3.94. The number of carbonyl (C=O) groups is 2. The van der Waals surface area contributed by atoms with E-state index in [1.165, 1.54) is 4.68 Å². The van der Waals surface area contributed by atoms with Crippen molar-refractivity contribution >= 4 is 23.5 Å². The fraction of sp³-hybridized carbons (Fsp3) is 0.200. The van der Waals surface area contributed by atoms with Gasteiger partial charge in [-0.2, -0.15) is 4.98 Å². The lowest BCUT2D eigenvalue weighted by Gasteiger charge is -2.11. The van der Waals surface area contributed by atoms with Gasteiger partial charge in [-0.1, -0.05) is 36.4 Å². The molecule has 3 aromatic rings. The second kappa shape index (κ2) is 6.68. The normalized spacial score (nSPS) is 15.3. The second-order valence-electron chi connectivity index (χ2n) is 6.70. The molecule has 1 aliphatic rings. The summed E-state index contributed by atoms with van der Waals surface area (Å²) >= 11 is 0. The largest absolute Gasteiger partial charge is 0.326 e. The van der Waals surface area contributed by atoms with Crippen molar-refractivity contribution in [1.82, 2.24) is 14.8 Å². The van der Waals surface area contributed by atoms with E-state index in [0.29, 0.717) is 11.8 Å². The number of nitrogens with one attached hydrogen (secondary N) is 2. The third kappa shape index (κ3) is 3.44. The van der Waals surface area contributed by atoms with Crippen molar-refractivity contribution < 1.29 is 9.59 Å². The van der Waals surface area contributed by atoms with Crippen LogP contribution < -0.4 is 10.6 Å². The molecule has 0 bridgehead atoms. The fourth-order valence-electron chi connectivity index (χ4n) is 3.25. The molecule has 0 radical (unpaired) electrons. The van der Waals surface area contributed by atoms with E-state index < -0.39 is 6.04 Å². The molecule has 27 heavy (non-hydrogen) atoms. The molecule has 0 fully saturated rings. The first-order valence-corrected chi connectivity index (χ1v) is 8.70. The van der Waals surface area contributed by atoms with Gasteiger partial charge in [-0.15, -0.1) is 5.10 Å². The molecule has 7 nitrogen and oxygen atoms in total. The number of hydrogen-bond acceptors (Lipinski definition) is 4. The summed E-state index contributed by atoms with van der Waals surface area (Å²) in [5.74, 6) is 0.360. The molecular weight excluding hydrogens is 342 g/mol. The monoisotopic (exact) mass is 361 g/mol. The third-order valence-corrected chi connectivity index (χ3v) is 4.38. The Morgan fingerprint density at radius 2 is 1.85 bits per heavy atom. The number of amides is 2. The maximum atomic E-state index is 12.5. The minimum Gasteiger partial charge on any atom is -0.326 e. The summed E-state index contributed by atoms with van der Waals surface area (Å²) < 4.78 is 1.49. The van der Waals surface area contributed by atoms with Gasteiger partial charge in [0, 0.05) is 11.3 Å². The number of fused-ring (bicyclic) bond motifs is 1. The Morgan fingerprint density at radius 3 is 2.56 bits per heavy atom. The van der Waals surface area contributed by atoms with Gasteiger partial charge >= 0.3 is 0 Å². The molecule has 0 saturated carbocycles. The lowest BCUT2D eigenvalue weighted by molar-refractivity contribution is -0.123. The summed E-state index contributed by atoms with van der Waals surface area (Å²) in [5.41, 5.74) is 3.71. The Hall–Kier alpha value is -3.48. The van der Waals surface area contributed by atoms with E-state index in [0.717, 1.165) is 22.4 Å². The molecule has 7 heteroatoms. The number of hydrogen-bond donors (Lipinski definition) is 2. The molecule has 2 aromatic carbocycles. The van der Waals surface area contributed by atoms with Crippen LogP contribution in [0.4, 0.5) is 11.6 Å². The predicted molar refractivity (Wildman–Crippen MR) is 102 cm³/mol. The molecule has 0 unspecified atom stereocenters. The van der Waals surface area contributed by atoms with Gasteiger partial charge in [-0.05, 0) is 37.1 Å². The average Bonchev–Trinajstić information content (AvgIpc) is 3.14. The predicted octanol–water partition coefficient (Wildman–Crippen LogP) is 3.08. The molecule has 4 rings (SSSR count). The molecule has 1 aliphatic heterocycles. The van der Waals surface area contributed by atoms with E-state index in [1.54, 1.807) is 0 Å². The first kappa shape index (κ1) is 17.0. The highest BCUT2D eigenvalue weighted by Gasteiger charge is 2.35. The average molecular weight is 361 g/mol. The van der Waals surface area contributed by atoms with Gasteiger partial charge in [0.25, 0.3) is 5.91 Å². The quantitative estimate of drug-likeness (QED) is 0.747. The maximum Gasteiger partial charge on any atom is 0.252 e. The topological polar surface area (TPSA) is 88.9 Å². The maximum absolute atomic E-state index is 12.5. The second-order valence-corrected chi connectivity index (χ2v) is 6.70. The summed E-state index contributed by atoms with van der Waals surface area (Å²) in [4.78, 5) is 29.1. The number of benzene rings is 2. The lowest BCUT2D eigenvalue weighted by Crippen LogP contribution is -2.23. The zero-order valence-corrected chi connectivity index (χ0v) is 15.1. The van der Waals surface area contributed by atoms with Crippen LogP contribution in [0.1, 0.15) is 23.6 Å².